The van der Waals surface area contributed by atoms with Gasteiger partial charge in [-0.3, -0.25) is 4.79 Å². The SMILES string of the molecule is COc1ccc(CCC(=O)NCC(c2ccc(OC)c(OC)c2)N(C)C)cc1. The average molecular weight is 386 g/mol. The van der Waals surface area contributed by atoms with Crippen molar-refractivity contribution in [3.63, 3.8) is 0 Å². The number of carbonyl (C=O) groups is 1. The smallest absolute Gasteiger partial charge is 0.220 e. The summed E-state index contributed by atoms with van der Waals surface area (Å²) in [6.45, 7) is 0.518. The Labute approximate surface area is 167 Å². The number of benzene rings is 2. The van der Waals surface area contributed by atoms with Crippen LogP contribution in [0.15, 0.2) is 42.5 Å². The molecule has 1 unspecified atom stereocenters. The number of nitrogens with zero attached hydrogens (tertiary/aromatic N) is 1. The molecule has 0 radical (unpaired) electrons. The van der Waals surface area contributed by atoms with Gasteiger partial charge in [-0.05, 0) is 55.9 Å². The highest BCUT2D eigenvalue weighted by Gasteiger charge is 2.17. The summed E-state index contributed by atoms with van der Waals surface area (Å²) in [6, 6.07) is 13.7. The van der Waals surface area contributed by atoms with Crippen LogP contribution in [0.2, 0.25) is 0 Å². The molecule has 6 nitrogen and oxygen atoms in total. The summed E-state index contributed by atoms with van der Waals surface area (Å²) < 4.78 is 15.9. The maximum absolute atomic E-state index is 12.3. The Hall–Kier alpha value is -2.73. The van der Waals surface area contributed by atoms with Gasteiger partial charge in [0, 0.05) is 13.0 Å². The van der Waals surface area contributed by atoms with Gasteiger partial charge >= 0.3 is 0 Å². The standard InChI is InChI=1S/C22H30N2O4/c1-24(2)19(17-9-12-20(27-4)21(14-17)28-5)15-23-22(25)13-8-16-6-10-18(26-3)11-7-16/h6-7,9-12,14,19H,8,13,15H2,1-5H3,(H,23,25). The molecule has 0 bridgehead atoms. The average Bonchev–Trinajstić information content (AvgIpc) is 2.72. The van der Waals surface area contributed by atoms with Gasteiger partial charge in [-0.15, -0.1) is 0 Å². The molecule has 0 heterocycles. The highest BCUT2D eigenvalue weighted by atomic mass is 16.5. The minimum atomic E-state index is 0.0307. The lowest BCUT2D eigenvalue weighted by Crippen LogP contribution is -2.34. The van der Waals surface area contributed by atoms with E-state index in [1.54, 1.807) is 21.3 Å². The molecule has 28 heavy (non-hydrogen) atoms. The van der Waals surface area contributed by atoms with E-state index < -0.39 is 0 Å². The van der Waals surface area contributed by atoms with Crippen LogP contribution >= 0.6 is 0 Å². The third kappa shape index (κ3) is 5.89. The molecule has 0 fully saturated rings. The van der Waals surface area contributed by atoms with Gasteiger partial charge in [0.2, 0.25) is 5.91 Å². The summed E-state index contributed by atoms with van der Waals surface area (Å²) in [5.41, 5.74) is 2.16. The molecule has 2 aromatic carbocycles. The Balaban J connectivity index is 1.94. The van der Waals surface area contributed by atoms with Crippen LogP contribution in [0.25, 0.3) is 0 Å². The van der Waals surface area contributed by atoms with Gasteiger partial charge in [0.1, 0.15) is 5.75 Å². The van der Waals surface area contributed by atoms with Crippen molar-refractivity contribution in [3.8, 4) is 17.2 Å². The maximum Gasteiger partial charge on any atom is 0.220 e. The highest BCUT2D eigenvalue weighted by molar-refractivity contribution is 5.76. The number of aryl methyl sites for hydroxylation is 1. The molecule has 0 spiro atoms. The number of ether oxygens (including phenoxy) is 3. The Morgan fingerprint density at radius 1 is 0.964 bits per heavy atom. The summed E-state index contributed by atoms with van der Waals surface area (Å²) in [5, 5.41) is 3.04. The van der Waals surface area contributed by atoms with Crippen molar-refractivity contribution in [1.82, 2.24) is 10.2 Å². The highest BCUT2D eigenvalue weighted by Crippen LogP contribution is 2.31. The lowest BCUT2D eigenvalue weighted by molar-refractivity contribution is -0.121. The first kappa shape index (κ1) is 21.6. The molecule has 1 atom stereocenters. The fourth-order valence-corrected chi connectivity index (χ4v) is 3.01. The van der Waals surface area contributed by atoms with Crippen LogP contribution in [-0.4, -0.2) is 52.8 Å². The van der Waals surface area contributed by atoms with E-state index in [1.165, 1.54) is 0 Å². The number of hydrogen-bond acceptors (Lipinski definition) is 5. The predicted octanol–water partition coefficient (Wildman–Crippen LogP) is 3.06. The second-order valence-electron chi connectivity index (χ2n) is 6.75. The normalized spacial score (nSPS) is 11.8. The van der Waals surface area contributed by atoms with Crippen LogP contribution in [0, 0.1) is 0 Å². The summed E-state index contributed by atoms with van der Waals surface area (Å²) >= 11 is 0. The van der Waals surface area contributed by atoms with Crippen LogP contribution in [0.4, 0.5) is 0 Å². The minimum absolute atomic E-state index is 0.0307. The van der Waals surface area contributed by atoms with Crippen molar-refractivity contribution in [3.05, 3.63) is 53.6 Å². The fourth-order valence-electron chi connectivity index (χ4n) is 3.01. The molecule has 6 heteroatoms. The Morgan fingerprint density at radius 2 is 1.64 bits per heavy atom. The van der Waals surface area contributed by atoms with Gasteiger partial charge in [0.05, 0.1) is 27.4 Å². The molecule has 0 aliphatic rings. The van der Waals surface area contributed by atoms with Crippen molar-refractivity contribution in [2.24, 2.45) is 0 Å². The molecule has 2 rings (SSSR count). The molecule has 2 aromatic rings. The molecular formula is C22H30N2O4. The molecule has 1 amide bonds. The van der Waals surface area contributed by atoms with E-state index in [4.69, 9.17) is 14.2 Å². The van der Waals surface area contributed by atoms with E-state index in [1.807, 2.05) is 56.6 Å². The zero-order chi connectivity index (χ0) is 20.5. The largest absolute Gasteiger partial charge is 0.497 e. The first-order chi connectivity index (χ1) is 13.5. The summed E-state index contributed by atoms with van der Waals surface area (Å²) in [7, 11) is 8.86. The molecule has 1 N–H and O–H groups in total. The van der Waals surface area contributed by atoms with Gasteiger partial charge in [0.25, 0.3) is 0 Å². The van der Waals surface area contributed by atoms with Gasteiger partial charge < -0.3 is 24.4 Å². The van der Waals surface area contributed by atoms with Gasteiger partial charge in [-0.2, -0.15) is 0 Å². The zero-order valence-corrected chi connectivity index (χ0v) is 17.3. The van der Waals surface area contributed by atoms with Crippen LogP contribution in [0.5, 0.6) is 17.2 Å². The monoisotopic (exact) mass is 386 g/mol. The van der Waals surface area contributed by atoms with E-state index in [2.05, 4.69) is 10.2 Å². The molecule has 152 valence electrons. The van der Waals surface area contributed by atoms with E-state index in [0.717, 1.165) is 16.9 Å². The minimum Gasteiger partial charge on any atom is -0.497 e. The number of hydrogen-bond donors (Lipinski definition) is 1. The number of carbonyl (C=O) groups excluding carboxylic acids is 1. The van der Waals surface area contributed by atoms with Crippen LogP contribution in [0.1, 0.15) is 23.6 Å². The number of rotatable bonds is 10. The second kappa shape index (κ2) is 10.6. The second-order valence-corrected chi connectivity index (χ2v) is 6.75. The topological polar surface area (TPSA) is 60.0 Å². The van der Waals surface area contributed by atoms with Gasteiger partial charge in [0.15, 0.2) is 11.5 Å². The molecular weight excluding hydrogens is 356 g/mol. The number of likely N-dealkylation sites (N-methyl/N-ethyl adjacent to an activating group) is 1. The quantitative estimate of drug-likeness (QED) is 0.680. The van der Waals surface area contributed by atoms with E-state index in [0.29, 0.717) is 30.9 Å². The zero-order valence-electron chi connectivity index (χ0n) is 17.3. The predicted molar refractivity (Wildman–Crippen MR) is 110 cm³/mol. The molecule has 0 aliphatic carbocycles. The molecule has 0 saturated heterocycles. The summed E-state index contributed by atoms with van der Waals surface area (Å²) in [4.78, 5) is 14.4. The first-order valence-corrected chi connectivity index (χ1v) is 9.26. The summed E-state index contributed by atoms with van der Waals surface area (Å²) in [5.74, 6) is 2.21. The third-order valence-corrected chi connectivity index (χ3v) is 4.71. The summed E-state index contributed by atoms with van der Waals surface area (Å²) in [6.07, 6.45) is 1.14. The van der Waals surface area contributed by atoms with Crippen molar-refractivity contribution >= 4 is 5.91 Å². The van der Waals surface area contributed by atoms with Crippen molar-refractivity contribution in [1.29, 1.82) is 0 Å². The van der Waals surface area contributed by atoms with E-state index >= 15 is 0 Å². The third-order valence-electron chi connectivity index (χ3n) is 4.71. The fraction of sp³-hybridized carbons (Fsp3) is 0.409. The van der Waals surface area contributed by atoms with Crippen molar-refractivity contribution < 1.29 is 19.0 Å². The van der Waals surface area contributed by atoms with Crippen LogP contribution in [0.3, 0.4) is 0 Å². The van der Waals surface area contributed by atoms with Crippen molar-refractivity contribution in [2.45, 2.75) is 18.9 Å². The Kier molecular flexibility index (Phi) is 8.14. The van der Waals surface area contributed by atoms with E-state index in [9.17, 15) is 4.79 Å². The number of nitrogens with one attached hydrogen (secondary N) is 1. The lowest BCUT2D eigenvalue weighted by Gasteiger charge is -2.26. The molecule has 0 aliphatic heterocycles. The number of methoxy groups -OCH3 is 3. The Morgan fingerprint density at radius 3 is 2.21 bits per heavy atom. The van der Waals surface area contributed by atoms with Crippen LogP contribution in [-0.2, 0) is 11.2 Å². The first-order valence-electron chi connectivity index (χ1n) is 9.26. The number of amides is 1. The molecule has 0 saturated carbocycles. The van der Waals surface area contributed by atoms with Crippen molar-refractivity contribution in [2.75, 3.05) is 42.0 Å². The van der Waals surface area contributed by atoms with Gasteiger partial charge in [-0.25, -0.2) is 0 Å². The lowest BCUT2D eigenvalue weighted by atomic mass is 10.0. The Bertz CT molecular complexity index is 760. The van der Waals surface area contributed by atoms with Crippen LogP contribution < -0.4 is 19.5 Å². The molecule has 0 aromatic heterocycles. The van der Waals surface area contributed by atoms with E-state index in [-0.39, 0.29) is 11.9 Å². The maximum atomic E-state index is 12.3. The van der Waals surface area contributed by atoms with Gasteiger partial charge in [-0.1, -0.05) is 18.2 Å².